The molecule has 0 bridgehead atoms. The summed E-state index contributed by atoms with van der Waals surface area (Å²) in [5.41, 5.74) is 3.05. The maximum atomic E-state index is 3.37. The van der Waals surface area contributed by atoms with E-state index in [0.29, 0.717) is 11.5 Å². The molecule has 0 amide bonds. The average Bonchev–Trinajstić information content (AvgIpc) is 2.05. The van der Waals surface area contributed by atoms with Gasteiger partial charge in [0.2, 0.25) is 0 Å². The quantitative estimate of drug-likeness (QED) is 0.751. The topological polar surface area (TPSA) is 12.0 Å². The van der Waals surface area contributed by atoms with Crippen LogP contribution in [0.2, 0.25) is 0 Å². The lowest BCUT2D eigenvalue weighted by atomic mass is 10.0. The molecule has 1 aromatic rings. The zero-order valence-electron chi connectivity index (χ0n) is 11.9. The monoisotopic (exact) mass is 221 g/mol. The molecule has 0 radical (unpaired) electrons. The zero-order valence-corrected chi connectivity index (χ0v) is 11.9. The third kappa shape index (κ3) is 9.57. The first-order chi connectivity index (χ1) is 7.20. The highest BCUT2D eigenvalue weighted by atomic mass is 14.9. The van der Waals surface area contributed by atoms with Gasteiger partial charge in [0.1, 0.15) is 0 Å². The minimum atomic E-state index is 0.500. The molecule has 1 nitrogen and oxygen atoms in total. The highest BCUT2D eigenvalue weighted by molar-refractivity contribution is 5.50. The molecule has 0 aliphatic rings. The molecule has 0 aliphatic heterocycles. The second-order valence-corrected chi connectivity index (χ2v) is 6.11. The Balaban J connectivity index is 0.000000385. The predicted octanol–water partition coefficient (Wildman–Crippen LogP) is 4.87. The lowest BCUT2D eigenvalue weighted by Gasteiger charge is -2.11. The lowest BCUT2D eigenvalue weighted by molar-refractivity contribution is 0.469. The number of hydrogen-bond donors (Lipinski definition) is 1. The number of hydrogen-bond acceptors (Lipinski definition) is 1. The Morgan fingerprint density at radius 3 is 1.81 bits per heavy atom. The van der Waals surface area contributed by atoms with Crippen LogP contribution in [0.5, 0.6) is 0 Å². The summed E-state index contributed by atoms with van der Waals surface area (Å²) >= 11 is 0. The van der Waals surface area contributed by atoms with Crippen molar-refractivity contribution in [1.82, 2.24) is 0 Å². The van der Waals surface area contributed by atoms with Crippen LogP contribution in [0.4, 0.5) is 5.69 Å². The largest absolute Gasteiger partial charge is 0.383 e. The minimum Gasteiger partial charge on any atom is -0.383 e. The first-order valence-corrected chi connectivity index (χ1v) is 6.02. The number of aryl methyl sites for hydroxylation is 1. The molecule has 0 unspecified atom stereocenters. The van der Waals surface area contributed by atoms with E-state index in [1.807, 2.05) is 0 Å². The second-order valence-electron chi connectivity index (χ2n) is 6.11. The van der Waals surface area contributed by atoms with Crippen molar-refractivity contribution in [3.05, 3.63) is 29.8 Å². The summed E-state index contributed by atoms with van der Waals surface area (Å²) in [6.45, 7) is 15.2. The van der Waals surface area contributed by atoms with Gasteiger partial charge in [0.15, 0.2) is 0 Å². The van der Waals surface area contributed by atoms with Gasteiger partial charge >= 0.3 is 0 Å². The van der Waals surface area contributed by atoms with Crippen molar-refractivity contribution >= 4 is 5.69 Å². The highest BCUT2D eigenvalue weighted by Gasteiger charge is 1.96. The molecule has 0 fully saturated rings. The average molecular weight is 221 g/mol. The van der Waals surface area contributed by atoms with E-state index in [2.05, 4.69) is 78.0 Å². The Morgan fingerprint density at radius 2 is 1.44 bits per heavy atom. The molecule has 0 saturated carbocycles. The Kier molecular flexibility index (Phi) is 6.17. The van der Waals surface area contributed by atoms with E-state index in [9.17, 15) is 0 Å². The Hall–Kier alpha value is -0.980. The summed E-state index contributed by atoms with van der Waals surface area (Å²) in [6.07, 6.45) is 0. The third-order valence-electron chi connectivity index (χ3n) is 1.59. The van der Waals surface area contributed by atoms with Crippen molar-refractivity contribution in [2.45, 2.75) is 54.5 Å². The van der Waals surface area contributed by atoms with Gasteiger partial charge in [-0.3, -0.25) is 0 Å². The van der Waals surface area contributed by atoms with Crippen molar-refractivity contribution < 1.29 is 0 Å². The molecular weight excluding hydrogens is 194 g/mol. The van der Waals surface area contributed by atoms with Gasteiger partial charge in [-0.2, -0.15) is 0 Å². The number of rotatable bonds is 2. The van der Waals surface area contributed by atoms with E-state index in [1.54, 1.807) is 0 Å². The van der Waals surface area contributed by atoms with E-state index in [1.165, 1.54) is 11.3 Å². The number of anilines is 1. The predicted molar refractivity (Wildman–Crippen MR) is 75.1 cm³/mol. The molecule has 1 heteroatoms. The Morgan fingerprint density at radius 1 is 1.00 bits per heavy atom. The maximum absolute atomic E-state index is 3.37. The van der Waals surface area contributed by atoms with Crippen LogP contribution in [0, 0.1) is 12.3 Å². The van der Waals surface area contributed by atoms with Gasteiger partial charge in [-0.1, -0.05) is 45.9 Å². The molecule has 0 aromatic heterocycles. The van der Waals surface area contributed by atoms with E-state index in [0.717, 1.165) is 0 Å². The van der Waals surface area contributed by atoms with Gasteiger partial charge < -0.3 is 5.32 Å². The van der Waals surface area contributed by atoms with Gasteiger partial charge in [-0.05, 0) is 37.8 Å². The van der Waals surface area contributed by atoms with Crippen LogP contribution in [0.25, 0.3) is 0 Å². The smallest absolute Gasteiger partial charge is 0.0371 e. The third-order valence-corrected chi connectivity index (χ3v) is 1.59. The number of para-hydroxylation sites is 1. The molecule has 0 saturated heterocycles. The Labute approximate surface area is 101 Å². The van der Waals surface area contributed by atoms with Gasteiger partial charge in [0, 0.05) is 11.7 Å². The zero-order chi connectivity index (χ0) is 12.8. The number of benzene rings is 1. The van der Waals surface area contributed by atoms with Crippen LogP contribution < -0.4 is 5.32 Å². The van der Waals surface area contributed by atoms with Crippen molar-refractivity contribution in [3.63, 3.8) is 0 Å². The van der Waals surface area contributed by atoms with Crippen molar-refractivity contribution in [2.24, 2.45) is 5.41 Å². The van der Waals surface area contributed by atoms with Crippen molar-refractivity contribution in [1.29, 1.82) is 0 Å². The fourth-order valence-electron chi connectivity index (χ4n) is 1.05. The molecule has 92 valence electrons. The molecule has 16 heavy (non-hydrogen) atoms. The van der Waals surface area contributed by atoms with E-state index in [-0.39, 0.29) is 0 Å². The summed E-state index contributed by atoms with van der Waals surface area (Å²) < 4.78 is 0. The van der Waals surface area contributed by atoms with Crippen molar-refractivity contribution in [2.75, 3.05) is 5.32 Å². The normalized spacial score (nSPS) is 10.8. The van der Waals surface area contributed by atoms with Crippen LogP contribution in [0.1, 0.15) is 47.1 Å². The molecule has 0 atom stereocenters. The fraction of sp³-hybridized carbons (Fsp3) is 0.600. The standard InChI is InChI=1S/C10H15N.C5H12/c1-8(2)11-10-7-5-4-6-9(10)3;1-5(2,3)4/h4-8,11H,1-3H3;1-4H3. The lowest BCUT2D eigenvalue weighted by Crippen LogP contribution is -2.10. The van der Waals surface area contributed by atoms with Gasteiger partial charge in [-0.25, -0.2) is 0 Å². The summed E-state index contributed by atoms with van der Waals surface area (Å²) in [7, 11) is 0. The second kappa shape index (κ2) is 6.57. The van der Waals surface area contributed by atoms with Gasteiger partial charge in [-0.15, -0.1) is 0 Å². The molecule has 0 spiro atoms. The summed E-state index contributed by atoms with van der Waals surface area (Å²) in [4.78, 5) is 0. The highest BCUT2D eigenvalue weighted by Crippen LogP contribution is 2.13. The maximum Gasteiger partial charge on any atom is 0.0371 e. The molecule has 1 rings (SSSR count). The first kappa shape index (κ1) is 15.0. The summed E-state index contributed by atoms with van der Waals surface area (Å²) in [5, 5.41) is 3.37. The van der Waals surface area contributed by atoms with Crippen LogP contribution in [0.15, 0.2) is 24.3 Å². The van der Waals surface area contributed by atoms with Crippen LogP contribution in [-0.2, 0) is 0 Å². The van der Waals surface area contributed by atoms with Gasteiger partial charge in [0.25, 0.3) is 0 Å². The van der Waals surface area contributed by atoms with Crippen molar-refractivity contribution in [3.8, 4) is 0 Å². The SMILES string of the molecule is CC(C)(C)C.Cc1ccccc1NC(C)C. The number of nitrogens with one attached hydrogen (secondary N) is 1. The van der Waals surface area contributed by atoms with Gasteiger partial charge in [0.05, 0.1) is 0 Å². The van der Waals surface area contributed by atoms with E-state index in [4.69, 9.17) is 0 Å². The van der Waals surface area contributed by atoms with Crippen LogP contribution in [-0.4, -0.2) is 6.04 Å². The molecule has 1 aromatic carbocycles. The van der Waals surface area contributed by atoms with Crippen LogP contribution >= 0.6 is 0 Å². The first-order valence-electron chi connectivity index (χ1n) is 6.02. The molecule has 0 heterocycles. The molecule has 0 aliphatic carbocycles. The summed E-state index contributed by atoms with van der Waals surface area (Å²) in [5.74, 6) is 0. The van der Waals surface area contributed by atoms with E-state index < -0.39 is 0 Å². The molecule has 1 N–H and O–H groups in total. The summed E-state index contributed by atoms with van der Waals surface area (Å²) in [6, 6.07) is 8.84. The molecular formula is C15H27N. The fourth-order valence-corrected chi connectivity index (χ4v) is 1.05. The Bertz CT molecular complexity index is 289. The van der Waals surface area contributed by atoms with E-state index >= 15 is 0 Å². The minimum absolute atomic E-state index is 0.500. The van der Waals surface area contributed by atoms with Crippen LogP contribution in [0.3, 0.4) is 0 Å².